The number of amides is 1. The van der Waals surface area contributed by atoms with Crippen LogP contribution in [-0.2, 0) is 4.79 Å². The summed E-state index contributed by atoms with van der Waals surface area (Å²) in [5, 5.41) is 11.8. The molecule has 20 heavy (non-hydrogen) atoms. The number of benzene rings is 1. The van der Waals surface area contributed by atoms with Crippen LogP contribution in [-0.4, -0.2) is 17.2 Å². The van der Waals surface area contributed by atoms with Crippen LogP contribution >= 0.6 is 11.8 Å². The lowest BCUT2D eigenvalue weighted by Crippen LogP contribution is -2.47. The molecule has 1 saturated carbocycles. The zero-order chi connectivity index (χ0) is 14.8. The summed E-state index contributed by atoms with van der Waals surface area (Å²) in [5.41, 5.74) is -0.828. The van der Waals surface area contributed by atoms with Crippen LogP contribution in [0.3, 0.4) is 0 Å². The lowest BCUT2D eigenvalue weighted by atomic mass is 9.98. The summed E-state index contributed by atoms with van der Waals surface area (Å²) in [5.74, 6) is -1.85. The number of hydrogen-bond donors (Lipinski definition) is 1. The quantitative estimate of drug-likeness (QED) is 0.850. The number of carbonyl (C=O) groups excluding carboxylic acids is 1. The van der Waals surface area contributed by atoms with Crippen molar-refractivity contribution in [3.05, 3.63) is 29.8 Å². The van der Waals surface area contributed by atoms with E-state index in [9.17, 15) is 13.6 Å². The highest BCUT2D eigenvalue weighted by Gasteiger charge is 2.42. The molecule has 0 bridgehead atoms. The molecule has 1 fully saturated rings. The van der Waals surface area contributed by atoms with E-state index in [0.717, 1.165) is 36.7 Å². The van der Waals surface area contributed by atoms with E-state index in [-0.39, 0.29) is 17.6 Å². The van der Waals surface area contributed by atoms with E-state index in [0.29, 0.717) is 4.90 Å². The van der Waals surface area contributed by atoms with E-state index >= 15 is 0 Å². The molecule has 0 heterocycles. The molecule has 0 radical (unpaired) electrons. The Labute approximate surface area is 120 Å². The molecule has 6 heteroatoms. The first kappa shape index (κ1) is 14.8. The molecular weight excluding hydrogens is 282 g/mol. The topological polar surface area (TPSA) is 52.9 Å². The zero-order valence-corrected chi connectivity index (χ0v) is 11.8. The van der Waals surface area contributed by atoms with Crippen molar-refractivity contribution in [3.8, 4) is 6.07 Å². The highest BCUT2D eigenvalue weighted by Crippen LogP contribution is 2.39. The smallest absolute Gasteiger partial charge is 0.231 e. The largest absolute Gasteiger partial charge is 0.337 e. The van der Waals surface area contributed by atoms with Gasteiger partial charge in [-0.3, -0.25) is 4.79 Å². The molecule has 106 valence electrons. The standard InChI is InChI=1S/C14H14F2N2OS/c1-14(8-17,9-2-3-9)18-13(19)7-20-10-4-5-11(15)12(16)6-10/h4-6,9H,2-3,7H2,1H3,(H,18,19). The second kappa shape index (κ2) is 5.80. The predicted molar refractivity (Wildman–Crippen MR) is 72.0 cm³/mol. The Morgan fingerprint density at radius 1 is 1.50 bits per heavy atom. The minimum atomic E-state index is -0.935. The van der Waals surface area contributed by atoms with E-state index in [1.807, 2.05) is 0 Å². The maximum absolute atomic E-state index is 13.0. The second-order valence-corrected chi connectivity index (χ2v) is 6.05. The number of nitriles is 1. The number of nitrogens with zero attached hydrogens (tertiary/aromatic N) is 1. The number of hydrogen-bond acceptors (Lipinski definition) is 3. The van der Waals surface area contributed by atoms with Crippen molar-refractivity contribution in [2.24, 2.45) is 5.92 Å². The molecule has 0 aliphatic heterocycles. The number of rotatable bonds is 5. The molecule has 0 saturated heterocycles. The lowest BCUT2D eigenvalue weighted by molar-refractivity contribution is -0.119. The van der Waals surface area contributed by atoms with Gasteiger partial charge in [-0.25, -0.2) is 8.78 Å². The van der Waals surface area contributed by atoms with Crippen LogP contribution in [0, 0.1) is 28.9 Å². The Morgan fingerprint density at radius 2 is 2.20 bits per heavy atom. The second-order valence-electron chi connectivity index (χ2n) is 5.00. The SMILES string of the molecule is CC(C#N)(NC(=O)CSc1ccc(F)c(F)c1)C1CC1. The highest BCUT2D eigenvalue weighted by atomic mass is 32.2. The van der Waals surface area contributed by atoms with Gasteiger partial charge in [-0.1, -0.05) is 0 Å². The van der Waals surface area contributed by atoms with Gasteiger partial charge in [-0.05, 0) is 43.9 Å². The van der Waals surface area contributed by atoms with Crippen LogP contribution < -0.4 is 5.32 Å². The van der Waals surface area contributed by atoms with Crippen LogP contribution in [0.1, 0.15) is 19.8 Å². The van der Waals surface area contributed by atoms with Crippen molar-refractivity contribution >= 4 is 17.7 Å². The van der Waals surface area contributed by atoms with Crippen LogP contribution in [0.4, 0.5) is 8.78 Å². The first-order chi connectivity index (χ1) is 9.44. The molecule has 1 unspecified atom stereocenters. The van der Waals surface area contributed by atoms with Crippen LogP contribution in [0.15, 0.2) is 23.1 Å². The molecule has 1 N–H and O–H groups in total. The average molecular weight is 296 g/mol. The van der Waals surface area contributed by atoms with E-state index in [4.69, 9.17) is 5.26 Å². The van der Waals surface area contributed by atoms with Gasteiger partial charge in [0.1, 0.15) is 5.54 Å². The van der Waals surface area contributed by atoms with Gasteiger partial charge < -0.3 is 5.32 Å². The summed E-state index contributed by atoms with van der Waals surface area (Å²) in [6, 6.07) is 5.63. The van der Waals surface area contributed by atoms with Gasteiger partial charge in [0.15, 0.2) is 11.6 Å². The Morgan fingerprint density at radius 3 is 2.75 bits per heavy atom. The first-order valence-corrected chi connectivity index (χ1v) is 7.23. The monoisotopic (exact) mass is 296 g/mol. The molecule has 0 aromatic heterocycles. The van der Waals surface area contributed by atoms with Gasteiger partial charge in [0.05, 0.1) is 11.8 Å². The number of nitrogens with one attached hydrogen (secondary N) is 1. The summed E-state index contributed by atoms with van der Waals surface area (Å²) in [6.07, 6.45) is 1.89. The van der Waals surface area contributed by atoms with E-state index in [1.165, 1.54) is 6.07 Å². The maximum atomic E-state index is 13.0. The average Bonchev–Trinajstić information content (AvgIpc) is 3.25. The molecule has 1 aliphatic carbocycles. The Balaban J connectivity index is 1.89. The van der Waals surface area contributed by atoms with Gasteiger partial charge in [0.2, 0.25) is 5.91 Å². The lowest BCUT2D eigenvalue weighted by Gasteiger charge is -2.22. The molecular formula is C14H14F2N2OS. The number of thioether (sulfide) groups is 1. The van der Waals surface area contributed by atoms with Crippen molar-refractivity contribution in [3.63, 3.8) is 0 Å². The van der Waals surface area contributed by atoms with Crippen molar-refractivity contribution in [2.75, 3.05) is 5.75 Å². The fourth-order valence-electron chi connectivity index (χ4n) is 1.92. The van der Waals surface area contributed by atoms with Crippen LogP contribution in [0.5, 0.6) is 0 Å². The molecule has 0 spiro atoms. The van der Waals surface area contributed by atoms with Crippen molar-refractivity contribution < 1.29 is 13.6 Å². The number of carbonyl (C=O) groups is 1. The summed E-state index contributed by atoms with van der Waals surface area (Å²) in [7, 11) is 0. The first-order valence-electron chi connectivity index (χ1n) is 6.25. The van der Waals surface area contributed by atoms with Crippen molar-refractivity contribution in [1.82, 2.24) is 5.32 Å². The molecule has 1 atom stereocenters. The zero-order valence-electron chi connectivity index (χ0n) is 11.0. The molecule has 1 aliphatic rings. The molecule has 1 aromatic rings. The summed E-state index contributed by atoms with van der Waals surface area (Å²) in [6.45, 7) is 1.71. The van der Waals surface area contributed by atoms with E-state index in [1.54, 1.807) is 6.92 Å². The summed E-state index contributed by atoms with van der Waals surface area (Å²) in [4.78, 5) is 12.3. The molecule has 1 aromatic carbocycles. The predicted octanol–water partition coefficient (Wildman–Crippen LogP) is 2.87. The third-order valence-corrected chi connectivity index (χ3v) is 4.28. The van der Waals surface area contributed by atoms with E-state index < -0.39 is 17.2 Å². The minimum absolute atomic E-state index is 0.0645. The normalized spacial score (nSPS) is 17.1. The third kappa shape index (κ3) is 3.48. The molecule has 1 amide bonds. The third-order valence-electron chi connectivity index (χ3n) is 3.29. The van der Waals surface area contributed by atoms with Crippen LogP contribution in [0.25, 0.3) is 0 Å². The fraction of sp³-hybridized carbons (Fsp3) is 0.429. The van der Waals surface area contributed by atoms with Gasteiger partial charge in [0.25, 0.3) is 0 Å². The van der Waals surface area contributed by atoms with Gasteiger partial charge >= 0.3 is 0 Å². The van der Waals surface area contributed by atoms with E-state index in [2.05, 4.69) is 11.4 Å². The van der Waals surface area contributed by atoms with Crippen molar-refractivity contribution in [2.45, 2.75) is 30.2 Å². The molecule has 3 nitrogen and oxygen atoms in total. The van der Waals surface area contributed by atoms with Gasteiger partial charge in [-0.2, -0.15) is 5.26 Å². The maximum Gasteiger partial charge on any atom is 0.231 e. The summed E-state index contributed by atoms with van der Waals surface area (Å²) >= 11 is 1.11. The Hall–Kier alpha value is -1.61. The highest BCUT2D eigenvalue weighted by molar-refractivity contribution is 8.00. The van der Waals surface area contributed by atoms with Crippen molar-refractivity contribution in [1.29, 1.82) is 5.26 Å². The number of halogens is 2. The molecule has 2 rings (SSSR count). The fourth-order valence-corrected chi connectivity index (χ4v) is 2.64. The van der Waals surface area contributed by atoms with Gasteiger partial charge in [-0.15, -0.1) is 11.8 Å². The van der Waals surface area contributed by atoms with Crippen LogP contribution in [0.2, 0.25) is 0 Å². The minimum Gasteiger partial charge on any atom is -0.337 e. The Bertz CT molecular complexity index is 569. The Kier molecular flexibility index (Phi) is 4.29. The van der Waals surface area contributed by atoms with Gasteiger partial charge in [0, 0.05) is 4.90 Å². The summed E-state index contributed by atoms with van der Waals surface area (Å²) < 4.78 is 25.8.